The standard InChI is InChI=1S/C13H21NO4/c1-12(2,3)18-11(16)14-9-13(10(14)8-15)4-6-17-7-5-13/h8,10H,4-7,9H2,1-3H3. The number of likely N-dealkylation sites (tertiary alicyclic amines) is 1. The fraction of sp³-hybridized carbons (Fsp3) is 0.846. The van der Waals surface area contributed by atoms with Gasteiger partial charge in [0.2, 0.25) is 0 Å². The van der Waals surface area contributed by atoms with E-state index in [9.17, 15) is 9.59 Å². The first-order valence-corrected chi connectivity index (χ1v) is 6.41. The van der Waals surface area contributed by atoms with Crippen molar-refractivity contribution in [2.45, 2.75) is 45.3 Å². The maximum atomic E-state index is 11.9. The molecule has 0 aromatic heterocycles. The second-order valence-corrected chi connectivity index (χ2v) is 6.16. The summed E-state index contributed by atoms with van der Waals surface area (Å²) < 4.78 is 10.6. The highest BCUT2D eigenvalue weighted by atomic mass is 16.6. The Labute approximate surface area is 107 Å². The number of aldehydes is 1. The molecule has 102 valence electrons. The van der Waals surface area contributed by atoms with Crippen LogP contribution in [0.3, 0.4) is 0 Å². The summed E-state index contributed by atoms with van der Waals surface area (Å²) in [6.45, 7) is 7.42. The molecule has 5 heteroatoms. The Morgan fingerprint density at radius 3 is 2.50 bits per heavy atom. The van der Waals surface area contributed by atoms with E-state index < -0.39 is 11.7 Å². The predicted octanol–water partition coefficient (Wildman–Crippen LogP) is 1.60. The number of carbonyl (C=O) groups is 2. The fourth-order valence-corrected chi connectivity index (χ4v) is 2.70. The lowest BCUT2D eigenvalue weighted by molar-refractivity contribution is -0.146. The average Bonchev–Trinajstić information content (AvgIpc) is 2.25. The molecule has 2 fully saturated rings. The van der Waals surface area contributed by atoms with Crippen molar-refractivity contribution < 1.29 is 19.1 Å². The minimum atomic E-state index is -0.525. The highest BCUT2D eigenvalue weighted by Crippen LogP contribution is 2.45. The Morgan fingerprint density at radius 2 is 2.00 bits per heavy atom. The van der Waals surface area contributed by atoms with Crippen LogP contribution in [0.5, 0.6) is 0 Å². The number of hydrogen-bond donors (Lipinski definition) is 0. The number of ether oxygens (including phenoxy) is 2. The van der Waals surface area contributed by atoms with Gasteiger partial charge in [0.1, 0.15) is 11.9 Å². The minimum absolute atomic E-state index is 0.0725. The van der Waals surface area contributed by atoms with E-state index in [0.29, 0.717) is 19.8 Å². The summed E-state index contributed by atoms with van der Waals surface area (Å²) in [6, 6.07) is -0.351. The van der Waals surface area contributed by atoms with E-state index in [0.717, 1.165) is 19.1 Å². The van der Waals surface area contributed by atoms with Crippen LogP contribution in [0.15, 0.2) is 0 Å². The van der Waals surface area contributed by atoms with E-state index in [1.165, 1.54) is 4.90 Å². The molecule has 0 aromatic carbocycles. The van der Waals surface area contributed by atoms with Crippen molar-refractivity contribution in [2.75, 3.05) is 19.8 Å². The van der Waals surface area contributed by atoms with Crippen molar-refractivity contribution in [3.05, 3.63) is 0 Å². The second kappa shape index (κ2) is 4.53. The van der Waals surface area contributed by atoms with Crippen LogP contribution in [-0.4, -0.2) is 48.7 Å². The maximum absolute atomic E-state index is 11.9. The van der Waals surface area contributed by atoms with E-state index in [4.69, 9.17) is 9.47 Å². The Bertz CT molecular complexity index is 341. The molecule has 1 amide bonds. The van der Waals surface area contributed by atoms with Gasteiger partial charge in [-0.05, 0) is 33.6 Å². The van der Waals surface area contributed by atoms with Crippen LogP contribution in [0.1, 0.15) is 33.6 Å². The normalized spacial score (nSPS) is 26.6. The summed E-state index contributed by atoms with van der Waals surface area (Å²) in [5.41, 5.74) is -0.597. The quantitative estimate of drug-likeness (QED) is 0.668. The largest absolute Gasteiger partial charge is 0.444 e. The molecular weight excluding hydrogens is 234 g/mol. The molecule has 0 aliphatic carbocycles. The molecule has 5 nitrogen and oxygen atoms in total. The highest BCUT2D eigenvalue weighted by Gasteiger charge is 2.55. The Morgan fingerprint density at radius 1 is 1.39 bits per heavy atom. The van der Waals surface area contributed by atoms with Crippen molar-refractivity contribution >= 4 is 12.4 Å². The maximum Gasteiger partial charge on any atom is 0.410 e. The van der Waals surface area contributed by atoms with Gasteiger partial charge in [0.25, 0.3) is 0 Å². The van der Waals surface area contributed by atoms with Gasteiger partial charge < -0.3 is 14.3 Å². The molecule has 0 saturated carbocycles. The van der Waals surface area contributed by atoms with Gasteiger partial charge in [0, 0.05) is 25.2 Å². The van der Waals surface area contributed by atoms with Gasteiger partial charge in [-0.1, -0.05) is 0 Å². The molecule has 0 aromatic rings. The lowest BCUT2D eigenvalue weighted by atomic mass is 9.67. The number of rotatable bonds is 1. The van der Waals surface area contributed by atoms with Crippen LogP contribution >= 0.6 is 0 Å². The van der Waals surface area contributed by atoms with Gasteiger partial charge in [-0.25, -0.2) is 4.79 Å². The third-order valence-electron chi connectivity index (χ3n) is 3.69. The molecular formula is C13H21NO4. The average molecular weight is 255 g/mol. The molecule has 1 spiro atoms. The first kappa shape index (κ1) is 13.3. The molecule has 2 saturated heterocycles. The molecule has 2 aliphatic rings. The Kier molecular flexibility index (Phi) is 3.36. The van der Waals surface area contributed by atoms with Gasteiger partial charge in [0.15, 0.2) is 0 Å². The van der Waals surface area contributed by atoms with Crippen molar-refractivity contribution in [2.24, 2.45) is 5.41 Å². The predicted molar refractivity (Wildman–Crippen MR) is 65.3 cm³/mol. The SMILES string of the molecule is CC(C)(C)OC(=O)N1CC2(CCOCC2)C1C=O. The van der Waals surface area contributed by atoms with Gasteiger partial charge >= 0.3 is 6.09 Å². The fourth-order valence-electron chi connectivity index (χ4n) is 2.70. The lowest BCUT2D eigenvalue weighted by Gasteiger charge is -2.56. The van der Waals surface area contributed by atoms with Gasteiger partial charge in [-0.15, -0.1) is 0 Å². The summed E-state index contributed by atoms with van der Waals surface area (Å²) in [5.74, 6) is 0. The summed E-state index contributed by atoms with van der Waals surface area (Å²) in [4.78, 5) is 24.7. The van der Waals surface area contributed by atoms with Gasteiger partial charge in [-0.3, -0.25) is 4.90 Å². The first-order chi connectivity index (χ1) is 8.38. The van der Waals surface area contributed by atoms with E-state index in [1.807, 2.05) is 20.8 Å². The molecule has 0 radical (unpaired) electrons. The summed E-state index contributed by atoms with van der Waals surface area (Å²) in [7, 11) is 0. The molecule has 1 unspecified atom stereocenters. The molecule has 1 atom stereocenters. The number of amides is 1. The van der Waals surface area contributed by atoms with Crippen molar-refractivity contribution in [1.29, 1.82) is 0 Å². The zero-order valence-corrected chi connectivity index (χ0v) is 11.3. The molecule has 18 heavy (non-hydrogen) atoms. The molecule has 0 bridgehead atoms. The van der Waals surface area contributed by atoms with Crippen LogP contribution in [-0.2, 0) is 14.3 Å². The highest BCUT2D eigenvalue weighted by molar-refractivity contribution is 5.77. The van der Waals surface area contributed by atoms with Crippen molar-refractivity contribution in [3.8, 4) is 0 Å². The third-order valence-corrected chi connectivity index (χ3v) is 3.69. The Hall–Kier alpha value is -1.10. The number of hydrogen-bond acceptors (Lipinski definition) is 4. The molecule has 2 heterocycles. The lowest BCUT2D eigenvalue weighted by Crippen LogP contribution is -2.68. The van der Waals surface area contributed by atoms with Crippen LogP contribution in [0.2, 0.25) is 0 Å². The van der Waals surface area contributed by atoms with E-state index in [2.05, 4.69) is 0 Å². The number of carbonyl (C=O) groups excluding carboxylic acids is 2. The van der Waals surface area contributed by atoms with Crippen molar-refractivity contribution in [1.82, 2.24) is 4.90 Å². The molecule has 2 aliphatic heterocycles. The van der Waals surface area contributed by atoms with Crippen LogP contribution in [0.25, 0.3) is 0 Å². The smallest absolute Gasteiger partial charge is 0.410 e. The van der Waals surface area contributed by atoms with Crippen LogP contribution in [0.4, 0.5) is 4.79 Å². The van der Waals surface area contributed by atoms with Crippen molar-refractivity contribution in [3.63, 3.8) is 0 Å². The van der Waals surface area contributed by atoms with Gasteiger partial charge in [0.05, 0.1) is 6.04 Å². The number of nitrogens with zero attached hydrogens (tertiary/aromatic N) is 1. The van der Waals surface area contributed by atoms with Crippen LogP contribution < -0.4 is 0 Å². The summed E-state index contributed by atoms with van der Waals surface area (Å²) in [6.07, 6.45) is 2.17. The second-order valence-electron chi connectivity index (χ2n) is 6.16. The molecule has 0 N–H and O–H groups in total. The zero-order chi connectivity index (χ0) is 13.4. The monoisotopic (exact) mass is 255 g/mol. The van der Waals surface area contributed by atoms with E-state index in [1.54, 1.807) is 0 Å². The third kappa shape index (κ3) is 2.36. The van der Waals surface area contributed by atoms with Gasteiger partial charge in [-0.2, -0.15) is 0 Å². The molecule has 2 rings (SSSR count). The summed E-state index contributed by atoms with van der Waals surface area (Å²) >= 11 is 0. The Balaban J connectivity index is 2.01. The van der Waals surface area contributed by atoms with E-state index >= 15 is 0 Å². The van der Waals surface area contributed by atoms with E-state index in [-0.39, 0.29) is 11.5 Å². The summed E-state index contributed by atoms with van der Waals surface area (Å²) in [5, 5.41) is 0. The zero-order valence-electron chi connectivity index (χ0n) is 11.3. The minimum Gasteiger partial charge on any atom is -0.444 e. The topological polar surface area (TPSA) is 55.8 Å². The van der Waals surface area contributed by atoms with Crippen LogP contribution in [0, 0.1) is 5.41 Å². The first-order valence-electron chi connectivity index (χ1n) is 6.41.